The van der Waals surface area contributed by atoms with Crippen LogP contribution in [0.4, 0.5) is 17.5 Å². The molecule has 7 nitrogen and oxygen atoms in total. The number of nitrogens with zero attached hydrogens (tertiary/aromatic N) is 3. The standard InChI is InChI=1S/C20H28N4O3/c1-13-7-6-8-24(12-13)18-9-14(2)21-20(23-18)22-15-10-16(25-3)19(27-5)17(11-15)26-4/h9-11,13H,6-8,12H2,1-5H3,(H,21,22,23). The van der Waals surface area contributed by atoms with Gasteiger partial charge < -0.3 is 24.4 Å². The van der Waals surface area contributed by atoms with Gasteiger partial charge in [0.15, 0.2) is 11.5 Å². The minimum absolute atomic E-state index is 0.553. The molecule has 7 heteroatoms. The molecule has 146 valence electrons. The molecule has 2 heterocycles. The number of benzene rings is 1. The van der Waals surface area contributed by atoms with Crippen LogP contribution in [0.2, 0.25) is 0 Å². The lowest BCUT2D eigenvalue weighted by molar-refractivity contribution is 0.324. The monoisotopic (exact) mass is 372 g/mol. The number of aromatic nitrogens is 2. The Morgan fingerprint density at radius 1 is 1.04 bits per heavy atom. The summed E-state index contributed by atoms with van der Waals surface area (Å²) in [6, 6.07) is 5.73. The van der Waals surface area contributed by atoms with Gasteiger partial charge in [0.1, 0.15) is 5.82 Å². The fourth-order valence-electron chi connectivity index (χ4n) is 3.45. The molecule has 0 amide bonds. The molecule has 0 bridgehead atoms. The zero-order valence-electron chi connectivity index (χ0n) is 16.7. The summed E-state index contributed by atoms with van der Waals surface area (Å²) >= 11 is 0. The largest absolute Gasteiger partial charge is 0.493 e. The van der Waals surface area contributed by atoms with E-state index in [-0.39, 0.29) is 0 Å². The van der Waals surface area contributed by atoms with Crippen LogP contribution in [0.3, 0.4) is 0 Å². The summed E-state index contributed by atoms with van der Waals surface area (Å²) in [5.74, 6) is 3.91. The normalized spacial score (nSPS) is 16.8. The molecule has 27 heavy (non-hydrogen) atoms. The Hall–Kier alpha value is -2.70. The molecule has 3 rings (SSSR count). The lowest BCUT2D eigenvalue weighted by Crippen LogP contribution is -2.35. The molecule has 1 aromatic heterocycles. The van der Waals surface area contributed by atoms with Crippen molar-refractivity contribution >= 4 is 17.5 Å². The van der Waals surface area contributed by atoms with Crippen molar-refractivity contribution in [3.05, 3.63) is 23.9 Å². The van der Waals surface area contributed by atoms with Crippen LogP contribution < -0.4 is 24.4 Å². The van der Waals surface area contributed by atoms with Gasteiger partial charge in [-0.2, -0.15) is 4.98 Å². The van der Waals surface area contributed by atoms with Gasteiger partial charge >= 0.3 is 0 Å². The molecule has 0 spiro atoms. The zero-order valence-corrected chi connectivity index (χ0v) is 16.7. The van der Waals surface area contributed by atoms with Gasteiger partial charge in [-0.25, -0.2) is 4.98 Å². The Morgan fingerprint density at radius 2 is 1.74 bits per heavy atom. The highest BCUT2D eigenvalue weighted by Gasteiger charge is 2.19. The van der Waals surface area contributed by atoms with Crippen molar-refractivity contribution < 1.29 is 14.2 Å². The van der Waals surface area contributed by atoms with Crippen LogP contribution in [0.1, 0.15) is 25.5 Å². The van der Waals surface area contributed by atoms with E-state index in [4.69, 9.17) is 19.2 Å². The Balaban J connectivity index is 1.89. The highest BCUT2D eigenvalue weighted by atomic mass is 16.5. The first-order valence-corrected chi connectivity index (χ1v) is 9.21. The molecule has 1 aromatic carbocycles. The quantitative estimate of drug-likeness (QED) is 0.827. The highest BCUT2D eigenvalue weighted by molar-refractivity contribution is 5.66. The molecular formula is C20H28N4O3. The zero-order chi connectivity index (χ0) is 19.4. The van der Waals surface area contributed by atoms with Gasteiger partial charge in [-0.15, -0.1) is 0 Å². The van der Waals surface area contributed by atoms with Gasteiger partial charge in [0.05, 0.1) is 21.3 Å². The molecule has 1 atom stereocenters. The SMILES string of the molecule is COc1cc(Nc2nc(C)cc(N3CCCC(C)C3)n2)cc(OC)c1OC. The third-order valence-electron chi connectivity index (χ3n) is 4.74. The topological polar surface area (TPSA) is 68.7 Å². The first-order valence-electron chi connectivity index (χ1n) is 9.21. The van der Waals surface area contributed by atoms with E-state index in [2.05, 4.69) is 22.1 Å². The Bertz CT molecular complexity index is 772. The van der Waals surface area contributed by atoms with E-state index in [1.54, 1.807) is 21.3 Å². The average Bonchev–Trinajstić information content (AvgIpc) is 2.66. The fraction of sp³-hybridized carbons (Fsp3) is 0.500. The van der Waals surface area contributed by atoms with Crippen molar-refractivity contribution in [3.8, 4) is 17.2 Å². The summed E-state index contributed by atoms with van der Waals surface area (Å²) in [4.78, 5) is 11.6. The summed E-state index contributed by atoms with van der Waals surface area (Å²) in [7, 11) is 4.78. The number of hydrogen-bond acceptors (Lipinski definition) is 7. The van der Waals surface area contributed by atoms with Gasteiger partial charge in [-0.05, 0) is 25.7 Å². The van der Waals surface area contributed by atoms with Gasteiger partial charge in [0.25, 0.3) is 0 Å². The predicted octanol–water partition coefficient (Wildman–Crippen LogP) is 3.79. The van der Waals surface area contributed by atoms with E-state index in [9.17, 15) is 0 Å². The maximum atomic E-state index is 5.42. The summed E-state index contributed by atoms with van der Waals surface area (Å²) in [5.41, 5.74) is 1.70. The van der Waals surface area contributed by atoms with E-state index >= 15 is 0 Å². The van der Waals surface area contributed by atoms with E-state index in [0.717, 1.165) is 30.3 Å². The number of nitrogens with one attached hydrogen (secondary N) is 1. The molecule has 1 N–H and O–H groups in total. The summed E-state index contributed by atoms with van der Waals surface area (Å²) in [6.07, 6.45) is 2.47. The second-order valence-corrected chi connectivity index (χ2v) is 6.92. The Kier molecular flexibility index (Phi) is 5.88. The number of ether oxygens (including phenoxy) is 3. The number of methoxy groups -OCH3 is 3. The minimum atomic E-state index is 0.553. The van der Waals surface area contributed by atoms with Gasteiger partial charge in [-0.1, -0.05) is 6.92 Å². The maximum Gasteiger partial charge on any atom is 0.229 e. The van der Waals surface area contributed by atoms with Crippen LogP contribution in [0.15, 0.2) is 18.2 Å². The van der Waals surface area contributed by atoms with Crippen molar-refractivity contribution in [2.24, 2.45) is 5.92 Å². The first-order chi connectivity index (χ1) is 13.0. The van der Waals surface area contributed by atoms with Crippen molar-refractivity contribution in [2.75, 3.05) is 44.6 Å². The maximum absolute atomic E-state index is 5.42. The molecular weight excluding hydrogens is 344 g/mol. The van der Waals surface area contributed by atoms with Crippen LogP contribution in [-0.2, 0) is 0 Å². The third-order valence-corrected chi connectivity index (χ3v) is 4.74. The molecule has 1 saturated heterocycles. The van der Waals surface area contributed by atoms with E-state index in [1.807, 2.05) is 25.1 Å². The Labute approximate surface area is 160 Å². The molecule has 0 aliphatic carbocycles. The molecule has 0 radical (unpaired) electrons. The number of hydrogen-bond donors (Lipinski definition) is 1. The molecule has 1 aliphatic heterocycles. The lowest BCUT2D eigenvalue weighted by atomic mass is 10.0. The van der Waals surface area contributed by atoms with Crippen LogP contribution >= 0.6 is 0 Å². The van der Waals surface area contributed by atoms with Crippen molar-refractivity contribution in [1.82, 2.24) is 9.97 Å². The molecule has 1 aliphatic rings. The minimum Gasteiger partial charge on any atom is -0.493 e. The van der Waals surface area contributed by atoms with Crippen molar-refractivity contribution in [3.63, 3.8) is 0 Å². The second kappa shape index (κ2) is 8.33. The highest BCUT2D eigenvalue weighted by Crippen LogP contribution is 2.40. The molecule has 1 fully saturated rings. The summed E-state index contributed by atoms with van der Waals surface area (Å²) in [5, 5.41) is 3.27. The van der Waals surface area contributed by atoms with Gasteiger partial charge in [-0.3, -0.25) is 0 Å². The summed E-state index contributed by atoms with van der Waals surface area (Å²) in [6.45, 7) is 6.33. The van der Waals surface area contributed by atoms with Crippen LogP contribution in [0.5, 0.6) is 17.2 Å². The number of anilines is 3. The van der Waals surface area contributed by atoms with Crippen molar-refractivity contribution in [2.45, 2.75) is 26.7 Å². The van der Waals surface area contributed by atoms with Crippen molar-refractivity contribution in [1.29, 1.82) is 0 Å². The van der Waals surface area contributed by atoms with E-state index in [0.29, 0.717) is 29.1 Å². The predicted molar refractivity (Wildman–Crippen MR) is 107 cm³/mol. The number of piperidine rings is 1. The van der Waals surface area contributed by atoms with E-state index < -0.39 is 0 Å². The van der Waals surface area contributed by atoms with Crippen LogP contribution in [-0.4, -0.2) is 44.4 Å². The fourth-order valence-corrected chi connectivity index (χ4v) is 3.45. The van der Waals surface area contributed by atoms with E-state index in [1.165, 1.54) is 12.8 Å². The number of aryl methyl sites for hydroxylation is 1. The third kappa shape index (κ3) is 4.35. The smallest absolute Gasteiger partial charge is 0.229 e. The second-order valence-electron chi connectivity index (χ2n) is 6.92. The van der Waals surface area contributed by atoms with Gasteiger partial charge in [0, 0.05) is 42.7 Å². The van der Waals surface area contributed by atoms with Crippen LogP contribution in [0, 0.1) is 12.8 Å². The molecule has 0 saturated carbocycles. The summed E-state index contributed by atoms with van der Waals surface area (Å²) < 4.78 is 16.2. The van der Waals surface area contributed by atoms with Crippen LogP contribution in [0.25, 0.3) is 0 Å². The average molecular weight is 372 g/mol. The molecule has 2 aromatic rings. The first kappa shape index (κ1) is 19.1. The van der Waals surface area contributed by atoms with Gasteiger partial charge in [0.2, 0.25) is 11.7 Å². The number of rotatable bonds is 6. The molecule has 1 unspecified atom stereocenters. The lowest BCUT2D eigenvalue weighted by Gasteiger charge is -2.32. The Morgan fingerprint density at radius 3 is 2.33 bits per heavy atom.